The van der Waals surface area contributed by atoms with Crippen molar-refractivity contribution in [2.24, 2.45) is 0 Å². The molecule has 6 heteroatoms. The summed E-state index contributed by atoms with van der Waals surface area (Å²) in [6.07, 6.45) is -2.31. The molecule has 0 N–H and O–H groups in total. The first-order valence-corrected chi connectivity index (χ1v) is 6.50. The molecule has 3 nitrogen and oxygen atoms in total. The fraction of sp³-hybridized carbons (Fsp3) is 1.00. The minimum absolute atomic E-state index is 0.0931. The Labute approximate surface area is 106 Å². The van der Waals surface area contributed by atoms with E-state index in [1.54, 1.807) is 0 Å². The Balaban J connectivity index is 2.35. The molecular formula is C12H22F3NO2. The van der Waals surface area contributed by atoms with Crippen LogP contribution in [0, 0.1) is 0 Å². The van der Waals surface area contributed by atoms with Crippen LogP contribution in [0.2, 0.25) is 0 Å². The zero-order chi connectivity index (χ0) is 13.6. The minimum Gasteiger partial charge on any atom is -0.353 e. The average Bonchev–Trinajstić information content (AvgIpc) is 3.06. The number of nitrogens with zero attached hydrogens (tertiary/aromatic N) is 1. The van der Waals surface area contributed by atoms with E-state index in [1.165, 1.54) is 4.90 Å². The van der Waals surface area contributed by atoms with Crippen LogP contribution in [0.25, 0.3) is 0 Å². The van der Waals surface area contributed by atoms with Gasteiger partial charge >= 0.3 is 6.18 Å². The van der Waals surface area contributed by atoms with Gasteiger partial charge in [0.15, 0.2) is 6.29 Å². The quantitative estimate of drug-likeness (QED) is 0.601. The van der Waals surface area contributed by atoms with Crippen LogP contribution in [-0.2, 0) is 9.47 Å². The second-order valence-corrected chi connectivity index (χ2v) is 4.45. The maximum atomic E-state index is 12.4. The summed E-state index contributed by atoms with van der Waals surface area (Å²) >= 11 is 0. The first-order valence-electron chi connectivity index (χ1n) is 6.50. The number of alkyl halides is 3. The van der Waals surface area contributed by atoms with Gasteiger partial charge in [0.25, 0.3) is 0 Å². The second-order valence-electron chi connectivity index (χ2n) is 4.45. The molecule has 1 rings (SSSR count). The van der Waals surface area contributed by atoms with Gasteiger partial charge in [0.1, 0.15) is 0 Å². The van der Waals surface area contributed by atoms with Crippen molar-refractivity contribution in [1.29, 1.82) is 0 Å². The molecule has 1 fully saturated rings. The van der Waals surface area contributed by atoms with Gasteiger partial charge in [-0.3, -0.25) is 4.90 Å². The lowest BCUT2D eigenvalue weighted by atomic mass is 10.3. The number of ether oxygens (including phenoxy) is 2. The molecule has 0 radical (unpaired) electrons. The molecule has 0 aliphatic heterocycles. The van der Waals surface area contributed by atoms with Crippen molar-refractivity contribution < 1.29 is 22.6 Å². The smallest absolute Gasteiger partial charge is 0.353 e. The lowest BCUT2D eigenvalue weighted by Gasteiger charge is -2.25. The van der Waals surface area contributed by atoms with Crippen LogP contribution in [0.3, 0.4) is 0 Å². The first-order chi connectivity index (χ1) is 8.46. The molecule has 0 aromatic heterocycles. The fourth-order valence-electron chi connectivity index (χ4n) is 1.92. The van der Waals surface area contributed by atoms with E-state index in [9.17, 15) is 13.2 Å². The van der Waals surface area contributed by atoms with Gasteiger partial charge in [0, 0.05) is 32.2 Å². The predicted octanol–water partition coefficient (Wildman–Crippen LogP) is 2.80. The third kappa shape index (κ3) is 6.56. The van der Waals surface area contributed by atoms with E-state index in [2.05, 4.69) is 0 Å². The molecule has 1 aliphatic rings. The maximum absolute atomic E-state index is 12.4. The molecule has 0 aromatic carbocycles. The minimum atomic E-state index is -4.13. The van der Waals surface area contributed by atoms with Gasteiger partial charge < -0.3 is 9.47 Å². The second kappa shape index (κ2) is 7.31. The summed E-state index contributed by atoms with van der Waals surface area (Å²) in [5.74, 6) is 0. The molecule has 0 aromatic rings. The number of rotatable bonds is 9. The van der Waals surface area contributed by atoms with Gasteiger partial charge in [-0.2, -0.15) is 13.2 Å². The van der Waals surface area contributed by atoms with Crippen LogP contribution in [0.5, 0.6) is 0 Å². The Bertz CT molecular complexity index is 226. The lowest BCUT2D eigenvalue weighted by molar-refractivity contribution is -0.160. The zero-order valence-corrected chi connectivity index (χ0v) is 11.0. The van der Waals surface area contributed by atoms with Crippen molar-refractivity contribution in [2.45, 2.75) is 51.6 Å². The molecule has 0 amide bonds. The van der Waals surface area contributed by atoms with Gasteiger partial charge in [0.05, 0.1) is 6.54 Å². The molecule has 108 valence electrons. The summed E-state index contributed by atoms with van der Waals surface area (Å²) in [7, 11) is 0. The number of hydrogen-bond donors (Lipinski definition) is 0. The third-order valence-electron chi connectivity index (χ3n) is 2.80. The summed E-state index contributed by atoms with van der Waals surface area (Å²) in [5.41, 5.74) is 0. The van der Waals surface area contributed by atoms with E-state index in [-0.39, 0.29) is 6.04 Å². The van der Waals surface area contributed by atoms with Crippen molar-refractivity contribution in [1.82, 2.24) is 4.90 Å². The standard InChI is InChI=1S/C12H22F3NO2/c1-3-17-11(18-4-2)7-8-16(10-5-6-10)9-12(13,14)15/h10-11H,3-9H2,1-2H3. The van der Waals surface area contributed by atoms with Gasteiger partial charge in [0.2, 0.25) is 0 Å². The molecule has 0 saturated heterocycles. The highest BCUT2D eigenvalue weighted by molar-refractivity contribution is 4.85. The molecule has 0 atom stereocenters. The van der Waals surface area contributed by atoms with E-state index in [0.29, 0.717) is 26.2 Å². The van der Waals surface area contributed by atoms with E-state index in [0.717, 1.165) is 12.8 Å². The lowest BCUT2D eigenvalue weighted by Crippen LogP contribution is -2.38. The van der Waals surface area contributed by atoms with Crippen molar-refractivity contribution in [2.75, 3.05) is 26.3 Å². The largest absolute Gasteiger partial charge is 0.401 e. The van der Waals surface area contributed by atoms with Crippen LogP contribution in [0.1, 0.15) is 33.1 Å². The third-order valence-corrected chi connectivity index (χ3v) is 2.80. The van der Waals surface area contributed by atoms with Crippen molar-refractivity contribution in [3.8, 4) is 0 Å². The molecule has 1 aliphatic carbocycles. The topological polar surface area (TPSA) is 21.7 Å². The number of hydrogen-bond acceptors (Lipinski definition) is 3. The molecular weight excluding hydrogens is 247 g/mol. The molecule has 1 saturated carbocycles. The number of halogens is 3. The molecule has 0 heterocycles. The SMILES string of the molecule is CCOC(CCN(CC(F)(F)F)C1CC1)OCC. The fourth-order valence-corrected chi connectivity index (χ4v) is 1.92. The highest BCUT2D eigenvalue weighted by atomic mass is 19.4. The Hall–Kier alpha value is -0.330. The molecule has 18 heavy (non-hydrogen) atoms. The van der Waals surface area contributed by atoms with Crippen LogP contribution in [0.15, 0.2) is 0 Å². The zero-order valence-electron chi connectivity index (χ0n) is 11.0. The Kier molecular flexibility index (Phi) is 6.38. The van der Waals surface area contributed by atoms with Gasteiger partial charge in [-0.25, -0.2) is 0 Å². The Morgan fingerprint density at radius 2 is 1.72 bits per heavy atom. The summed E-state index contributed by atoms with van der Waals surface area (Å²) in [4.78, 5) is 1.49. The van der Waals surface area contributed by atoms with Crippen molar-refractivity contribution >= 4 is 0 Å². The van der Waals surface area contributed by atoms with E-state index in [4.69, 9.17) is 9.47 Å². The van der Waals surface area contributed by atoms with Crippen LogP contribution >= 0.6 is 0 Å². The summed E-state index contributed by atoms with van der Waals surface area (Å²) in [5, 5.41) is 0. The van der Waals surface area contributed by atoms with E-state index >= 15 is 0 Å². The highest BCUT2D eigenvalue weighted by Gasteiger charge is 2.37. The molecule has 0 unspecified atom stereocenters. The summed E-state index contributed by atoms with van der Waals surface area (Å²) in [6.45, 7) is 4.25. The Morgan fingerprint density at radius 3 is 2.11 bits per heavy atom. The Morgan fingerprint density at radius 1 is 1.17 bits per heavy atom. The van der Waals surface area contributed by atoms with Crippen LogP contribution in [-0.4, -0.2) is 49.7 Å². The summed E-state index contributed by atoms with van der Waals surface area (Å²) in [6, 6.07) is 0.0931. The maximum Gasteiger partial charge on any atom is 0.401 e. The average molecular weight is 269 g/mol. The summed E-state index contributed by atoms with van der Waals surface area (Å²) < 4.78 is 47.9. The van der Waals surface area contributed by atoms with E-state index in [1.807, 2.05) is 13.8 Å². The molecule has 0 bridgehead atoms. The highest BCUT2D eigenvalue weighted by Crippen LogP contribution is 2.30. The normalized spacial score (nSPS) is 16.8. The van der Waals surface area contributed by atoms with Crippen LogP contribution < -0.4 is 0 Å². The van der Waals surface area contributed by atoms with Crippen LogP contribution in [0.4, 0.5) is 13.2 Å². The van der Waals surface area contributed by atoms with Crippen molar-refractivity contribution in [3.05, 3.63) is 0 Å². The van der Waals surface area contributed by atoms with Gasteiger partial charge in [-0.05, 0) is 26.7 Å². The van der Waals surface area contributed by atoms with Crippen molar-refractivity contribution in [3.63, 3.8) is 0 Å². The van der Waals surface area contributed by atoms with Gasteiger partial charge in [-0.15, -0.1) is 0 Å². The molecule has 0 spiro atoms. The predicted molar refractivity (Wildman–Crippen MR) is 62.3 cm³/mol. The van der Waals surface area contributed by atoms with E-state index < -0.39 is 19.0 Å². The van der Waals surface area contributed by atoms with Gasteiger partial charge in [-0.1, -0.05) is 0 Å². The first kappa shape index (κ1) is 15.7. The monoisotopic (exact) mass is 269 g/mol.